The molecule has 0 radical (unpaired) electrons. The Bertz CT molecular complexity index is 877. The fraction of sp³-hybridized carbons (Fsp3) is 0.200. The van der Waals surface area contributed by atoms with Gasteiger partial charge in [0.05, 0.1) is 13.2 Å². The molecule has 0 heterocycles. The number of ether oxygens (including phenoxy) is 2. The molecule has 2 aromatic carbocycles. The highest BCUT2D eigenvalue weighted by molar-refractivity contribution is 5.97. The van der Waals surface area contributed by atoms with Crippen LogP contribution in [0.2, 0.25) is 0 Å². The van der Waals surface area contributed by atoms with E-state index >= 15 is 0 Å². The first-order valence-corrected chi connectivity index (χ1v) is 8.35. The van der Waals surface area contributed by atoms with Gasteiger partial charge in [0.25, 0.3) is 11.8 Å². The third-order valence-corrected chi connectivity index (χ3v) is 3.68. The molecule has 8 nitrogen and oxygen atoms in total. The van der Waals surface area contributed by atoms with Gasteiger partial charge in [0, 0.05) is 11.3 Å². The van der Waals surface area contributed by atoms with Crippen LogP contribution in [0, 0.1) is 11.3 Å². The number of rotatable bonds is 8. The smallest absolute Gasteiger partial charge is 0.325 e. The Hall–Kier alpha value is -3.86. The van der Waals surface area contributed by atoms with Crippen molar-refractivity contribution in [2.75, 3.05) is 31.7 Å². The monoisotopic (exact) mass is 381 g/mol. The summed E-state index contributed by atoms with van der Waals surface area (Å²) in [4.78, 5) is 37.3. The molecule has 0 aliphatic rings. The fourth-order valence-corrected chi connectivity index (χ4v) is 2.29. The van der Waals surface area contributed by atoms with E-state index < -0.39 is 30.9 Å². The number of nitriles is 1. The van der Waals surface area contributed by atoms with Crippen LogP contribution in [0.4, 0.5) is 5.69 Å². The van der Waals surface area contributed by atoms with E-state index in [1.807, 2.05) is 6.07 Å². The van der Waals surface area contributed by atoms with E-state index in [4.69, 9.17) is 14.7 Å². The molecule has 0 aliphatic heterocycles. The second kappa shape index (κ2) is 10.3. The highest BCUT2D eigenvalue weighted by Crippen LogP contribution is 2.13. The van der Waals surface area contributed by atoms with Crippen LogP contribution >= 0.6 is 0 Å². The molecule has 2 rings (SSSR count). The highest BCUT2D eigenvalue weighted by Gasteiger charge is 2.17. The summed E-state index contributed by atoms with van der Waals surface area (Å²) >= 11 is 0. The van der Waals surface area contributed by atoms with Gasteiger partial charge in [0.15, 0.2) is 6.61 Å². The van der Waals surface area contributed by atoms with Crippen molar-refractivity contribution in [1.29, 1.82) is 5.26 Å². The Kier molecular flexibility index (Phi) is 7.54. The van der Waals surface area contributed by atoms with Crippen molar-refractivity contribution in [2.45, 2.75) is 0 Å². The lowest BCUT2D eigenvalue weighted by molar-refractivity contribution is -0.146. The Morgan fingerprint density at radius 1 is 1.11 bits per heavy atom. The van der Waals surface area contributed by atoms with Crippen LogP contribution in [-0.4, -0.2) is 44.6 Å². The number of benzene rings is 2. The lowest BCUT2D eigenvalue weighted by atomic mass is 10.2. The Balaban J connectivity index is 1.84. The summed E-state index contributed by atoms with van der Waals surface area (Å²) in [6.07, 6.45) is 0. The molecule has 2 aromatic rings. The van der Waals surface area contributed by atoms with E-state index in [0.29, 0.717) is 17.0 Å². The molecule has 0 atom stereocenters. The minimum Gasteiger partial charge on any atom is -0.497 e. The number of methoxy groups -OCH3 is 1. The Morgan fingerprint density at radius 2 is 1.86 bits per heavy atom. The van der Waals surface area contributed by atoms with E-state index in [9.17, 15) is 14.4 Å². The molecule has 0 fully saturated rings. The average Bonchev–Trinajstić information content (AvgIpc) is 2.74. The summed E-state index contributed by atoms with van der Waals surface area (Å²) in [5, 5.41) is 11.3. The molecule has 8 heteroatoms. The van der Waals surface area contributed by atoms with Crippen LogP contribution in [0.25, 0.3) is 0 Å². The third kappa shape index (κ3) is 5.85. The molecular formula is C20H19N3O5. The van der Waals surface area contributed by atoms with Gasteiger partial charge in [-0.25, -0.2) is 0 Å². The topological polar surface area (TPSA) is 109 Å². The van der Waals surface area contributed by atoms with Gasteiger partial charge in [-0.05, 0) is 30.3 Å². The zero-order valence-electron chi connectivity index (χ0n) is 15.3. The largest absolute Gasteiger partial charge is 0.497 e. The molecule has 144 valence electrons. The van der Waals surface area contributed by atoms with E-state index in [-0.39, 0.29) is 6.54 Å². The molecule has 0 saturated heterocycles. The molecule has 0 aromatic heterocycles. The minimum atomic E-state index is -0.769. The molecular weight excluding hydrogens is 362 g/mol. The summed E-state index contributed by atoms with van der Waals surface area (Å²) in [6, 6.07) is 16.9. The van der Waals surface area contributed by atoms with Gasteiger partial charge in [-0.15, -0.1) is 0 Å². The van der Waals surface area contributed by atoms with Crippen LogP contribution in [-0.2, 0) is 14.3 Å². The van der Waals surface area contributed by atoms with E-state index in [1.165, 1.54) is 18.1 Å². The van der Waals surface area contributed by atoms with E-state index in [0.717, 1.165) is 0 Å². The number of hydrogen-bond donors (Lipinski definition) is 1. The van der Waals surface area contributed by atoms with Crippen molar-refractivity contribution >= 4 is 23.5 Å². The van der Waals surface area contributed by atoms with E-state index in [1.54, 1.807) is 48.5 Å². The number of hydrogen-bond acceptors (Lipinski definition) is 6. The standard InChI is InChI=1S/C20H19N3O5/c1-27-17-9-5-6-15(12-17)20(26)22-13-19(25)28-14-18(24)23(11-10-21)16-7-3-2-4-8-16/h2-9,12H,11,13-14H2,1H3,(H,22,26). The van der Waals surface area contributed by atoms with Gasteiger partial charge in [-0.2, -0.15) is 5.26 Å². The number of nitrogens with zero attached hydrogens (tertiary/aromatic N) is 2. The summed E-state index contributed by atoms with van der Waals surface area (Å²) in [6.45, 7) is -1.11. The Morgan fingerprint density at radius 3 is 2.54 bits per heavy atom. The van der Waals surface area contributed by atoms with Crippen LogP contribution in [0.15, 0.2) is 54.6 Å². The van der Waals surface area contributed by atoms with Gasteiger partial charge >= 0.3 is 5.97 Å². The maximum atomic E-state index is 12.3. The van der Waals surface area contributed by atoms with Gasteiger partial charge < -0.3 is 14.8 Å². The van der Waals surface area contributed by atoms with Gasteiger partial charge in [0.2, 0.25) is 0 Å². The lowest BCUT2D eigenvalue weighted by Crippen LogP contribution is -2.37. The van der Waals surface area contributed by atoms with Crippen molar-refractivity contribution in [1.82, 2.24) is 5.32 Å². The van der Waals surface area contributed by atoms with Crippen molar-refractivity contribution in [3.05, 3.63) is 60.2 Å². The van der Waals surface area contributed by atoms with Crippen LogP contribution in [0.3, 0.4) is 0 Å². The molecule has 0 saturated carbocycles. The van der Waals surface area contributed by atoms with Gasteiger partial charge in [0.1, 0.15) is 18.8 Å². The average molecular weight is 381 g/mol. The lowest BCUT2D eigenvalue weighted by Gasteiger charge is -2.19. The summed E-state index contributed by atoms with van der Waals surface area (Å²) in [5.41, 5.74) is 0.851. The third-order valence-electron chi connectivity index (χ3n) is 3.68. The molecule has 0 spiro atoms. The fourth-order valence-electron chi connectivity index (χ4n) is 2.29. The van der Waals surface area contributed by atoms with Crippen LogP contribution in [0.1, 0.15) is 10.4 Å². The number of carbonyl (C=O) groups excluding carboxylic acids is 3. The minimum absolute atomic E-state index is 0.174. The van der Waals surface area contributed by atoms with Gasteiger partial charge in [-0.1, -0.05) is 24.3 Å². The molecule has 1 N–H and O–H groups in total. The van der Waals surface area contributed by atoms with Crippen molar-refractivity contribution in [2.24, 2.45) is 0 Å². The normalized spacial score (nSPS) is 9.71. The summed E-state index contributed by atoms with van der Waals surface area (Å²) < 4.78 is 9.94. The number of esters is 1. The Labute approximate surface area is 162 Å². The summed E-state index contributed by atoms with van der Waals surface area (Å²) in [7, 11) is 1.48. The number of carbonyl (C=O) groups is 3. The van der Waals surface area contributed by atoms with Gasteiger partial charge in [-0.3, -0.25) is 19.3 Å². The second-order valence-electron chi connectivity index (χ2n) is 5.55. The molecule has 28 heavy (non-hydrogen) atoms. The number of anilines is 1. The number of nitrogens with one attached hydrogen (secondary N) is 1. The van der Waals surface area contributed by atoms with Crippen molar-refractivity contribution in [3.63, 3.8) is 0 Å². The molecule has 0 bridgehead atoms. The molecule has 0 aliphatic carbocycles. The zero-order valence-corrected chi connectivity index (χ0v) is 15.3. The zero-order chi connectivity index (χ0) is 20.4. The predicted molar refractivity (Wildman–Crippen MR) is 101 cm³/mol. The number of amides is 2. The molecule has 0 unspecified atom stereocenters. The molecule has 2 amide bonds. The van der Waals surface area contributed by atoms with Crippen molar-refractivity contribution < 1.29 is 23.9 Å². The van der Waals surface area contributed by atoms with Crippen LogP contribution in [0.5, 0.6) is 5.75 Å². The second-order valence-corrected chi connectivity index (χ2v) is 5.55. The maximum Gasteiger partial charge on any atom is 0.325 e. The maximum absolute atomic E-state index is 12.3. The first-order chi connectivity index (χ1) is 13.5. The van der Waals surface area contributed by atoms with Crippen molar-refractivity contribution in [3.8, 4) is 11.8 Å². The number of para-hydroxylation sites is 1. The first-order valence-electron chi connectivity index (χ1n) is 8.35. The SMILES string of the molecule is COc1cccc(C(=O)NCC(=O)OCC(=O)N(CC#N)c2ccccc2)c1. The van der Waals surface area contributed by atoms with E-state index in [2.05, 4.69) is 5.32 Å². The predicted octanol–water partition coefficient (Wildman–Crippen LogP) is 1.52. The summed E-state index contributed by atoms with van der Waals surface area (Å²) in [5.74, 6) is -1.27. The highest BCUT2D eigenvalue weighted by atomic mass is 16.5. The van der Waals surface area contributed by atoms with Crippen LogP contribution < -0.4 is 15.0 Å². The first kappa shape index (κ1) is 20.5. The quantitative estimate of drug-likeness (QED) is 0.549.